The van der Waals surface area contributed by atoms with E-state index in [-0.39, 0.29) is 10.6 Å². The fraction of sp³-hybridized carbons (Fsp3) is 0.143. The molecule has 0 fully saturated rings. The van der Waals surface area contributed by atoms with Crippen molar-refractivity contribution in [1.82, 2.24) is 5.32 Å². The molecule has 0 unspecified atom stereocenters. The molecule has 0 spiro atoms. The molecule has 4 nitrogen and oxygen atoms in total. The van der Waals surface area contributed by atoms with Gasteiger partial charge in [0.25, 0.3) is 5.69 Å². The van der Waals surface area contributed by atoms with Crippen LogP contribution < -0.4 is 5.32 Å². The lowest BCUT2D eigenvalue weighted by molar-refractivity contribution is -0.385. The van der Waals surface area contributed by atoms with Gasteiger partial charge < -0.3 is 5.32 Å². The molecule has 0 bridgehead atoms. The van der Waals surface area contributed by atoms with E-state index in [1.165, 1.54) is 6.07 Å². The Labute approximate surface area is 133 Å². The van der Waals surface area contributed by atoms with Gasteiger partial charge in [-0.3, -0.25) is 10.1 Å². The number of nitro benzene ring substituents is 1. The van der Waals surface area contributed by atoms with Crippen molar-refractivity contribution in [2.75, 3.05) is 0 Å². The maximum atomic E-state index is 10.9. The summed E-state index contributed by atoms with van der Waals surface area (Å²) in [4.78, 5) is 10.5. The van der Waals surface area contributed by atoms with Gasteiger partial charge >= 0.3 is 0 Å². The molecule has 0 radical (unpaired) electrons. The first-order valence-corrected chi connectivity index (χ1v) is 7.54. The zero-order valence-electron chi connectivity index (χ0n) is 10.5. The first kappa shape index (κ1) is 15.2. The van der Waals surface area contributed by atoms with Crippen LogP contribution in [0.25, 0.3) is 0 Å². The molecule has 0 aliphatic rings. The van der Waals surface area contributed by atoms with Crippen LogP contribution in [0, 0.1) is 10.1 Å². The van der Waals surface area contributed by atoms with Crippen molar-refractivity contribution < 1.29 is 4.92 Å². The van der Waals surface area contributed by atoms with E-state index in [0.717, 1.165) is 15.6 Å². The summed E-state index contributed by atoms with van der Waals surface area (Å²) in [6.07, 6.45) is 0. The van der Waals surface area contributed by atoms with Gasteiger partial charge in [0, 0.05) is 23.6 Å². The number of hydrogen-bond donors (Lipinski definition) is 1. The summed E-state index contributed by atoms with van der Waals surface area (Å²) in [5.41, 5.74) is 2.10. The van der Waals surface area contributed by atoms with Crippen molar-refractivity contribution in [1.29, 1.82) is 0 Å². The largest absolute Gasteiger partial charge is 0.309 e. The summed E-state index contributed by atoms with van der Waals surface area (Å²) < 4.78 is 1.58. The van der Waals surface area contributed by atoms with Crippen LogP contribution in [-0.2, 0) is 13.1 Å². The number of nitrogens with zero attached hydrogens (tertiary/aromatic N) is 1. The van der Waals surface area contributed by atoms with Crippen molar-refractivity contribution in [2.24, 2.45) is 0 Å². The highest BCUT2D eigenvalue weighted by Crippen LogP contribution is 2.28. The zero-order valence-corrected chi connectivity index (χ0v) is 13.6. The first-order valence-electron chi connectivity index (χ1n) is 5.95. The number of rotatable bonds is 5. The van der Waals surface area contributed by atoms with Gasteiger partial charge in [0.15, 0.2) is 0 Å². The average Bonchev–Trinajstić information content (AvgIpc) is 2.42. The number of halogens is 2. The van der Waals surface area contributed by atoms with Gasteiger partial charge in [-0.2, -0.15) is 0 Å². The molecule has 2 rings (SSSR count). The van der Waals surface area contributed by atoms with Crippen LogP contribution >= 0.6 is 31.9 Å². The molecule has 2 aromatic carbocycles. The maximum Gasteiger partial charge on any atom is 0.283 e. The predicted molar refractivity (Wildman–Crippen MR) is 85.5 cm³/mol. The molecule has 2 aromatic rings. The normalized spacial score (nSPS) is 10.5. The van der Waals surface area contributed by atoms with Crippen LogP contribution in [-0.4, -0.2) is 4.92 Å². The minimum Gasteiger partial charge on any atom is -0.309 e. The molecule has 0 saturated carbocycles. The smallest absolute Gasteiger partial charge is 0.283 e. The summed E-state index contributed by atoms with van der Waals surface area (Å²) >= 11 is 6.78. The molecule has 0 aliphatic heterocycles. The third kappa shape index (κ3) is 3.65. The Bertz CT molecular complexity index is 632. The van der Waals surface area contributed by atoms with E-state index in [1.807, 2.05) is 30.3 Å². The molecule has 1 N–H and O–H groups in total. The quantitative estimate of drug-likeness (QED) is 0.598. The van der Waals surface area contributed by atoms with Gasteiger partial charge in [-0.25, -0.2) is 0 Å². The number of nitro groups is 1. The molecule has 0 aliphatic carbocycles. The highest BCUT2D eigenvalue weighted by atomic mass is 79.9. The summed E-state index contributed by atoms with van der Waals surface area (Å²) in [5.74, 6) is 0. The van der Waals surface area contributed by atoms with E-state index in [1.54, 1.807) is 6.07 Å². The van der Waals surface area contributed by atoms with E-state index >= 15 is 0 Å². The minimum absolute atomic E-state index is 0.0881. The second-order valence-electron chi connectivity index (χ2n) is 4.20. The molecular formula is C14H12Br2N2O2. The van der Waals surface area contributed by atoms with Crippen LogP contribution in [0.2, 0.25) is 0 Å². The number of hydrogen-bond acceptors (Lipinski definition) is 3. The third-order valence-electron chi connectivity index (χ3n) is 2.84. The minimum atomic E-state index is -0.388. The van der Waals surface area contributed by atoms with Crippen molar-refractivity contribution in [3.05, 3.63) is 72.7 Å². The Morgan fingerprint density at radius 3 is 2.35 bits per heavy atom. The van der Waals surface area contributed by atoms with E-state index in [4.69, 9.17) is 0 Å². The Morgan fingerprint density at radius 2 is 1.65 bits per heavy atom. The van der Waals surface area contributed by atoms with Crippen molar-refractivity contribution in [3.8, 4) is 0 Å². The van der Waals surface area contributed by atoms with E-state index < -0.39 is 0 Å². The first-order chi connectivity index (χ1) is 9.59. The van der Waals surface area contributed by atoms with E-state index in [2.05, 4.69) is 37.2 Å². The van der Waals surface area contributed by atoms with Gasteiger partial charge in [-0.05, 0) is 33.1 Å². The van der Waals surface area contributed by atoms with Crippen LogP contribution in [0.5, 0.6) is 0 Å². The number of nitrogens with one attached hydrogen (secondary N) is 1. The Balaban J connectivity index is 2.03. The fourth-order valence-corrected chi connectivity index (χ4v) is 2.79. The van der Waals surface area contributed by atoms with E-state index in [0.29, 0.717) is 17.6 Å². The number of benzene rings is 2. The van der Waals surface area contributed by atoms with Crippen LogP contribution in [0.15, 0.2) is 51.4 Å². The van der Waals surface area contributed by atoms with Crippen LogP contribution in [0.4, 0.5) is 5.69 Å². The summed E-state index contributed by atoms with van der Waals surface area (Å²) in [5, 5.41) is 14.1. The van der Waals surface area contributed by atoms with Gasteiger partial charge in [0.05, 0.1) is 9.40 Å². The van der Waals surface area contributed by atoms with Gasteiger partial charge in [-0.15, -0.1) is 0 Å². The van der Waals surface area contributed by atoms with Crippen molar-refractivity contribution in [2.45, 2.75) is 13.1 Å². The predicted octanol–water partition coefficient (Wildman–Crippen LogP) is 4.41. The topological polar surface area (TPSA) is 55.2 Å². The summed E-state index contributed by atoms with van der Waals surface area (Å²) in [6.45, 7) is 1.25. The molecule has 6 heteroatoms. The van der Waals surface area contributed by atoms with Gasteiger partial charge in [-0.1, -0.05) is 46.3 Å². The monoisotopic (exact) mass is 398 g/mol. The molecule has 104 valence electrons. The SMILES string of the molecule is O=[N+]([O-])c1cccc(CNCc2ccccc2Br)c1Br. The standard InChI is InChI=1S/C14H12Br2N2O2/c15-12-6-2-1-4-10(12)8-17-9-11-5-3-7-13(14(11)16)18(19)20/h1-7,17H,8-9H2. The Morgan fingerprint density at radius 1 is 1.00 bits per heavy atom. The Kier molecular flexibility index (Phi) is 5.28. The van der Waals surface area contributed by atoms with Crippen LogP contribution in [0.3, 0.4) is 0 Å². The lowest BCUT2D eigenvalue weighted by Gasteiger charge is -2.08. The summed E-state index contributed by atoms with van der Waals surface area (Å²) in [7, 11) is 0. The van der Waals surface area contributed by atoms with Crippen molar-refractivity contribution in [3.63, 3.8) is 0 Å². The molecule has 0 amide bonds. The maximum absolute atomic E-state index is 10.9. The highest BCUT2D eigenvalue weighted by Gasteiger charge is 2.14. The lowest BCUT2D eigenvalue weighted by atomic mass is 10.2. The molecule has 0 aromatic heterocycles. The van der Waals surface area contributed by atoms with Crippen molar-refractivity contribution >= 4 is 37.5 Å². The third-order valence-corrected chi connectivity index (χ3v) is 4.53. The van der Waals surface area contributed by atoms with Gasteiger partial charge in [0.1, 0.15) is 0 Å². The Hall–Kier alpha value is -1.24. The van der Waals surface area contributed by atoms with Gasteiger partial charge in [0.2, 0.25) is 0 Å². The van der Waals surface area contributed by atoms with E-state index in [9.17, 15) is 10.1 Å². The fourth-order valence-electron chi connectivity index (χ4n) is 1.82. The molecule has 20 heavy (non-hydrogen) atoms. The van der Waals surface area contributed by atoms with Crippen LogP contribution in [0.1, 0.15) is 11.1 Å². The second kappa shape index (κ2) is 6.97. The average molecular weight is 400 g/mol. The lowest BCUT2D eigenvalue weighted by Crippen LogP contribution is -2.13. The zero-order chi connectivity index (χ0) is 14.5. The highest BCUT2D eigenvalue weighted by molar-refractivity contribution is 9.11. The molecule has 0 saturated heterocycles. The molecular weight excluding hydrogens is 388 g/mol. The second-order valence-corrected chi connectivity index (χ2v) is 5.85. The molecule has 0 heterocycles. The molecule has 0 atom stereocenters. The summed E-state index contributed by atoms with van der Waals surface area (Å²) in [6, 6.07) is 13.0.